The largest absolute Gasteiger partial charge is 0.454 e. The molecule has 1 fully saturated rings. The number of ether oxygens (including phenoxy) is 1. The molecule has 0 spiro atoms. The number of ketones is 1. The van der Waals surface area contributed by atoms with Crippen LogP contribution >= 0.6 is 11.3 Å². The van der Waals surface area contributed by atoms with Crippen molar-refractivity contribution >= 4 is 45.6 Å². The first-order valence-electron chi connectivity index (χ1n) is 10.5. The van der Waals surface area contributed by atoms with Gasteiger partial charge in [0.15, 0.2) is 12.4 Å². The highest BCUT2D eigenvalue weighted by Gasteiger charge is 2.27. The van der Waals surface area contributed by atoms with Crippen LogP contribution in [0.2, 0.25) is 0 Å². The van der Waals surface area contributed by atoms with Gasteiger partial charge in [-0.15, -0.1) is 11.3 Å². The third-order valence-electron chi connectivity index (χ3n) is 5.57. The van der Waals surface area contributed by atoms with Crippen molar-refractivity contribution in [2.45, 2.75) is 45.4 Å². The Bertz CT molecular complexity index is 1040. The van der Waals surface area contributed by atoms with Crippen LogP contribution in [-0.4, -0.2) is 36.7 Å². The maximum absolute atomic E-state index is 12.8. The molecule has 1 aromatic heterocycles. The Labute approximate surface area is 184 Å². The Balaban J connectivity index is 1.44. The second-order valence-electron chi connectivity index (χ2n) is 7.79. The molecule has 4 rings (SSSR count). The molecule has 0 bridgehead atoms. The van der Waals surface area contributed by atoms with E-state index in [0.29, 0.717) is 29.1 Å². The van der Waals surface area contributed by atoms with Crippen LogP contribution in [0.25, 0.3) is 0 Å². The second-order valence-corrected chi connectivity index (χ2v) is 8.90. The van der Waals surface area contributed by atoms with Gasteiger partial charge < -0.3 is 15.0 Å². The van der Waals surface area contributed by atoms with Gasteiger partial charge >= 0.3 is 5.97 Å². The van der Waals surface area contributed by atoms with E-state index in [1.165, 1.54) is 18.3 Å². The number of rotatable bonds is 6. The minimum atomic E-state index is -0.587. The number of nitrogens with one attached hydrogen (secondary N) is 1. The minimum Gasteiger partial charge on any atom is -0.454 e. The summed E-state index contributed by atoms with van der Waals surface area (Å²) in [6.07, 6.45) is 5.06. The zero-order valence-electron chi connectivity index (χ0n) is 17.4. The van der Waals surface area contributed by atoms with E-state index in [-0.39, 0.29) is 24.2 Å². The number of Topliss-reactive ketones (excluding diaryl/α,β-unsaturated/α-hetero) is 1. The number of benzene rings is 1. The molecule has 1 aliphatic carbocycles. The van der Waals surface area contributed by atoms with Crippen molar-refractivity contribution in [3.8, 4) is 0 Å². The van der Waals surface area contributed by atoms with Crippen LogP contribution < -0.4 is 10.2 Å². The number of hydrogen-bond donors (Lipinski definition) is 1. The lowest BCUT2D eigenvalue weighted by molar-refractivity contribution is -0.117. The summed E-state index contributed by atoms with van der Waals surface area (Å²) in [5.41, 5.74) is 2.49. The molecule has 1 N–H and O–H groups in total. The molecule has 0 saturated carbocycles. The maximum atomic E-state index is 12.8. The van der Waals surface area contributed by atoms with E-state index in [2.05, 4.69) is 5.32 Å². The fraction of sp³-hybridized carbons (Fsp3) is 0.391. The SMILES string of the molecule is CC(=O)Nc1sc2c(c1C(=O)OCC(=O)c1ccc(N3CCCC3=O)cc1)CCCC2. The first-order valence-corrected chi connectivity index (χ1v) is 11.3. The maximum Gasteiger partial charge on any atom is 0.341 e. The molecule has 2 amide bonds. The van der Waals surface area contributed by atoms with Crippen LogP contribution in [0.3, 0.4) is 0 Å². The molecular weight excluding hydrogens is 416 g/mol. The monoisotopic (exact) mass is 440 g/mol. The zero-order chi connectivity index (χ0) is 22.0. The molecule has 0 radical (unpaired) electrons. The van der Waals surface area contributed by atoms with Crippen molar-refractivity contribution in [1.82, 2.24) is 0 Å². The molecule has 0 unspecified atom stereocenters. The number of amides is 2. The number of anilines is 2. The molecule has 1 aliphatic heterocycles. The van der Waals surface area contributed by atoms with Crippen molar-refractivity contribution in [1.29, 1.82) is 0 Å². The quantitative estimate of drug-likeness (QED) is 0.545. The molecular formula is C23H24N2O5S. The summed E-state index contributed by atoms with van der Waals surface area (Å²) in [7, 11) is 0. The summed E-state index contributed by atoms with van der Waals surface area (Å²) in [6.45, 7) is 1.70. The van der Waals surface area contributed by atoms with E-state index in [1.807, 2.05) is 0 Å². The topological polar surface area (TPSA) is 92.8 Å². The first kappa shape index (κ1) is 21.2. The smallest absolute Gasteiger partial charge is 0.341 e. The number of esters is 1. The van der Waals surface area contributed by atoms with Gasteiger partial charge in [-0.2, -0.15) is 0 Å². The molecule has 0 atom stereocenters. The zero-order valence-corrected chi connectivity index (χ0v) is 18.2. The molecule has 162 valence electrons. The summed E-state index contributed by atoms with van der Waals surface area (Å²) in [5.74, 6) is -1.07. The molecule has 2 aromatic rings. The van der Waals surface area contributed by atoms with E-state index in [9.17, 15) is 19.2 Å². The van der Waals surface area contributed by atoms with Gasteiger partial charge in [-0.25, -0.2) is 4.79 Å². The van der Waals surface area contributed by atoms with Crippen molar-refractivity contribution < 1.29 is 23.9 Å². The van der Waals surface area contributed by atoms with E-state index in [0.717, 1.165) is 48.2 Å². The van der Waals surface area contributed by atoms with Crippen LogP contribution in [0.5, 0.6) is 0 Å². The molecule has 1 aromatic carbocycles. The van der Waals surface area contributed by atoms with Crippen molar-refractivity contribution in [2.75, 3.05) is 23.4 Å². The molecule has 7 nitrogen and oxygen atoms in total. The number of carbonyl (C=O) groups excluding carboxylic acids is 4. The van der Waals surface area contributed by atoms with Crippen molar-refractivity contribution in [2.24, 2.45) is 0 Å². The average Bonchev–Trinajstić information content (AvgIpc) is 3.34. The Morgan fingerprint density at radius 2 is 1.81 bits per heavy atom. The lowest BCUT2D eigenvalue weighted by atomic mass is 9.95. The summed E-state index contributed by atoms with van der Waals surface area (Å²) in [4.78, 5) is 51.6. The fourth-order valence-electron chi connectivity index (χ4n) is 4.06. The third-order valence-corrected chi connectivity index (χ3v) is 6.78. The van der Waals surface area contributed by atoms with Crippen LogP contribution in [0.15, 0.2) is 24.3 Å². The van der Waals surface area contributed by atoms with Gasteiger partial charge in [-0.3, -0.25) is 14.4 Å². The second kappa shape index (κ2) is 9.01. The first-order chi connectivity index (χ1) is 14.9. The Kier molecular flexibility index (Phi) is 6.18. The summed E-state index contributed by atoms with van der Waals surface area (Å²) >= 11 is 1.41. The van der Waals surface area contributed by atoms with Crippen molar-refractivity contribution in [3.05, 3.63) is 45.8 Å². The summed E-state index contributed by atoms with van der Waals surface area (Å²) in [6, 6.07) is 6.77. The number of nitrogens with zero attached hydrogens (tertiary/aromatic N) is 1. The van der Waals surface area contributed by atoms with E-state index in [4.69, 9.17) is 4.74 Å². The fourth-order valence-corrected chi connectivity index (χ4v) is 5.39. The van der Waals surface area contributed by atoms with Crippen LogP contribution in [-0.2, 0) is 27.2 Å². The van der Waals surface area contributed by atoms with Gasteiger partial charge in [0.2, 0.25) is 11.8 Å². The highest BCUT2D eigenvalue weighted by molar-refractivity contribution is 7.17. The molecule has 31 heavy (non-hydrogen) atoms. The highest BCUT2D eigenvalue weighted by atomic mass is 32.1. The normalized spacial score (nSPS) is 15.5. The van der Waals surface area contributed by atoms with Gasteiger partial charge in [0.05, 0.1) is 5.56 Å². The number of carbonyl (C=O) groups is 4. The van der Waals surface area contributed by atoms with Gasteiger partial charge in [0.25, 0.3) is 0 Å². The van der Waals surface area contributed by atoms with Crippen molar-refractivity contribution in [3.63, 3.8) is 0 Å². The lowest BCUT2D eigenvalue weighted by Gasteiger charge is -2.15. The van der Waals surface area contributed by atoms with E-state index in [1.54, 1.807) is 29.2 Å². The van der Waals surface area contributed by atoms with E-state index < -0.39 is 5.97 Å². The van der Waals surface area contributed by atoms with Crippen LogP contribution in [0, 0.1) is 0 Å². The lowest BCUT2D eigenvalue weighted by Crippen LogP contribution is -2.23. The number of aryl methyl sites for hydroxylation is 1. The highest BCUT2D eigenvalue weighted by Crippen LogP contribution is 2.38. The summed E-state index contributed by atoms with van der Waals surface area (Å²) < 4.78 is 5.34. The minimum absolute atomic E-state index is 0.0853. The van der Waals surface area contributed by atoms with E-state index >= 15 is 0 Å². The van der Waals surface area contributed by atoms with Crippen LogP contribution in [0.4, 0.5) is 10.7 Å². The van der Waals surface area contributed by atoms with Gasteiger partial charge in [0, 0.05) is 36.0 Å². The van der Waals surface area contributed by atoms with Gasteiger partial charge in [-0.05, 0) is 61.9 Å². The third kappa shape index (κ3) is 4.54. The Morgan fingerprint density at radius 1 is 1.06 bits per heavy atom. The van der Waals surface area contributed by atoms with Crippen LogP contribution in [0.1, 0.15) is 63.8 Å². The van der Waals surface area contributed by atoms with Gasteiger partial charge in [0.1, 0.15) is 5.00 Å². The molecule has 8 heteroatoms. The molecule has 2 heterocycles. The van der Waals surface area contributed by atoms with Gasteiger partial charge in [-0.1, -0.05) is 0 Å². The Hall–Kier alpha value is -3.00. The summed E-state index contributed by atoms with van der Waals surface area (Å²) in [5, 5.41) is 3.23. The average molecular weight is 441 g/mol. The molecule has 2 aliphatic rings. The number of hydrogen-bond acceptors (Lipinski definition) is 6. The number of fused-ring (bicyclic) bond motifs is 1. The standard InChI is InChI=1S/C23H24N2O5S/c1-14(26)24-22-21(17-5-2-3-6-19(17)31-22)23(29)30-13-18(27)15-8-10-16(11-9-15)25-12-4-7-20(25)28/h8-11H,2-7,12-13H2,1H3,(H,24,26). The molecule has 1 saturated heterocycles. The predicted octanol–water partition coefficient (Wildman–Crippen LogP) is 3.75. The Morgan fingerprint density at radius 3 is 2.48 bits per heavy atom. The number of thiophene rings is 1. The predicted molar refractivity (Wildman–Crippen MR) is 118 cm³/mol.